The number of carbonyl (C=O) groups is 1. The molecule has 1 amide bonds. The molecule has 0 saturated carbocycles. The predicted molar refractivity (Wildman–Crippen MR) is 121 cm³/mol. The molecule has 1 fully saturated rings. The Kier molecular flexibility index (Phi) is 7.71. The van der Waals surface area contributed by atoms with Crippen LogP contribution in [0.15, 0.2) is 72.8 Å². The fraction of sp³-hybridized carbons (Fsp3) is 0.174. The van der Waals surface area contributed by atoms with Gasteiger partial charge in [-0.05, 0) is 66.2 Å². The highest BCUT2D eigenvalue weighted by Crippen LogP contribution is 2.24. The monoisotopic (exact) mass is 444 g/mol. The van der Waals surface area contributed by atoms with Gasteiger partial charge in [0.15, 0.2) is 0 Å². The van der Waals surface area contributed by atoms with Crippen molar-refractivity contribution in [3.05, 3.63) is 88.9 Å². The van der Waals surface area contributed by atoms with Crippen LogP contribution >= 0.6 is 24.0 Å². The molecular formula is C23H22Cl2N2O3. The van der Waals surface area contributed by atoms with E-state index in [1.54, 1.807) is 48.5 Å². The van der Waals surface area contributed by atoms with E-state index >= 15 is 0 Å². The first-order chi connectivity index (χ1) is 14.2. The molecular weight excluding hydrogens is 423 g/mol. The summed E-state index contributed by atoms with van der Waals surface area (Å²) in [5, 5.41) is 6.88. The Labute approximate surface area is 186 Å². The number of morpholine rings is 1. The molecule has 0 spiro atoms. The van der Waals surface area contributed by atoms with E-state index < -0.39 is 0 Å². The van der Waals surface area contributed by atoms with Crippen LogP contribution in [0.2, 0.25) is 5.02 Å². The number of halogens is 2. The van der Waals surface area contributed by atoms with E-state index in [1.807, 2.05) is 24.3 Å². The lowest BCUT2D eigenvalue weighted by Gasteiger charge is -2.24. The van der Waals surface area contributed by atoms with Gasteiger partial charge in [-0.15, -0.1) is 12.4 Å². The highest BCUT2D eigenvalue weighted by atomic mass is 35.5. The molecule has 30 heavy (non-hydrogen) atoms. The normalized spacial score (nSPS) is 15.7. The Bertz CT molecular complexity index is 955. The molecule has 4 rings (SSSR count). The van der Waals surface area contributed by atoms with Crippen molar-refractivity contribution in [2.24, 2.45) is 0 Å². The fourth-order valence-corrected chi connectivity index (χ4v) is 3.20. The summed E-state index contributed by atoms with van der Waals surface area (Å²) in [6.07, 6.45) is 0.0571. The second kappa shape index (κ2) is 10.5. The first kappa shape index (κ1) is 22.1. The van der Waals surface area contributed by atoms with Crippen LogP contribution in [0.5, 0.6) is 11.5 Å². The van der Waals surface area contributed by atoms with Crippen LogP contribution < -0.4 is 15.4 Å². The number of rotatable bonds is 5. The summed E-state index contributed by atoms with van der Waals surface area (Å²) in [7, 11) is 0. The van der Waals surface area contributed by atoms with Gasteiger partial charge in [-0.25, -0.2) is 0 Å². The topological polar surface area (TPSA) is 59.6 Å². The summed E-state index contributed by atoms with van der Waals surface area (Å²) in [5.41, 5.74) is 2.39. The SMILES string of the molecule is Cl.O=C(Nc1ccc(C2CNCCO2)cc1)c1ccc(Oc2ccc(Cl)cc2)cc1. The van der Waals surface area contributed by atoms with Gasteiger partial charge in [0.1, 0.15) is 11.5 Å². The van der Waals surface area contributed by atoms with Crippen LogP contribution in [0.3, 0.4) is 0 Å². The molecule has 3 aromatic carbocycles. The van der Waals surface area contributed by atoms with Gasteiger partial charge in [-0.3, -0.25) is 4.79 Å². The van der Waals surface area contributed by atoms with Crippen LogP contribution in [0.1, 0.15) is 22.0 Å². The maximum atomic E-state index is 12.5. The minimum absolute atomic E-state index is 0. The van der Waals surface area contributed by atoms with Crippen molar-refractivity contribution >= 4 is 35.6 Å². The molecule has 1 aliphatic rings. The zero-order valence-electron chi connectivity index (χ0n) is 16.1. The predicted octanol–water partition coefficient (Wildman–Crippen LogP) is 5.47. The van der Waals surface area contributed by atoms with Gasteiger partial charge >= 0.3 is 0 Å². The number of amides is 1. The third-order valence-electron chi connectivity index (χ3n) is 4.63. The van der Waals surface area contributed by atoms with Gasteiger partial charge in [0, 0.05) is 29.4 Å². The zero-order chi connectivity index (χ0) is 20.1. The molecule has 1 unspecified atom stereocenters. The van der Waals surface area contributed by atoms with Crippen LogP contribution in [0.4, 0.5) is 5.69 Å². The minimum atomic E-state index is -0.175. The first-order valence-electron chi connectivity index (χ1n) is 9.44. The van der Waals surface area contributed by atoms with E-state index in [2.05, 4.69) is 10.6 Å². The third kappa shape index (κ3) is 5.74. The Hall–Kier alpha value is -2.57. The van der Waals surface area contributed by atoms with Crippen LogP contribution in [-0.4, -0.2) is 25.6 Å². The number of nitrogens with one attached hydrogen (secondary N) is 2. The minimum Gasteiger partial charge on any atom is -0.457 e. The molecule has 156 valence electrons. The van der Waals surface area contributed by atoms with Crippen LogP contribution in [-0.2, 0) is 4.74 Å². The summed E-state index contributed by atoms with van der Waals surface area (Å²) < 4.78 is 11.5. The van der Waals surface area contributed by atoms with E-state index in [4.69, 9.17) is 21.1 Å². The molecule has 2 N–H and O–H groups in total. The maximum Gasteiger partial charge on any atom is 0.255 e. The van der Waals surface area contributed by atoms with Gasteiger partial charge in [0.05, 0.1) is 12.7 Å². The van der Waals surface area contributed by atoms with Crippen LogP contribution in [0, 0.1) is 0 Å². The van der Waals surface area contributed by atoms with E-state index in [0.717, 1.165) is 24.3 Å². The average molecular weight is 445 g/mol. The molecule has 5 nitrogen and oxygen atoms in total. The first-order valence-corrected chi connectivity index (χ1v) is 9.82. The van der Waals surface area contributed by atoms with Gasteiger partial charge in [0.25, 0.3) is 5.91 Å². The Balaban J connectivity index is 0.00000256. The Morgan fingerprint density at radius 1 is 0.967 bits per heavy atom. The number of anilines is 1. The second-order valence-electron chi connectivity index (χ2n) is 6.72. The van der Waals surface area contributed by atoms with Crippen molar-refractivity contribution < 1.29 is 14.3 Å². The highest BCUT2D eigenvalue weighted by Gasteiger charge is 2.15. The summed E-state index contributed by atoms with van der Waals surface area (Å²) in [5.74, 6) is 1.16. The van der Waals surface area contributed by atoms with Gasteiger partial charge in [0.2, 0.25) is 0 Å². The molecule has 1 saturated heterocycles. The Morgan fingerprint density at radius 2 is 1.60 bits per heavy atom. The van der Waals surface area contributed by atoms with Gasteiger partial charge < -0.3 is 20.1 Å². The van der Waals surface area contributed by atoms with Crippen molar-refractivity contribution in [1.82, 2.24) is 5.32 Å². The number of benzene rings is 3. The van der Waals surface area contributed by atoms with Gasteiger partial charge in [-0.2, -0.15) is 0 Å². The quantitative estimate of drug-likeness (QED) is 0.547. The molecule has 1 heterocycles. The highest BCUT2D eigenvalue weighted by molar-refractivity contribution is 6.30. The summed E-state index contributed by atoms with van der Waals surface area (Å²) in [6.45, 7) is 2.39. The van der Waals surface area contributed by atoms with Crippen molar-refractivity contribution in [1.29, 1.82) is 0 Å². The summed E-state index contributed by atoms with van der Waals surface area (Å²) in [6, 6.07) is 21.9. The standard InChI is InChI=1S/C23H21ClN2O3.ClH/c24-18-5-11-21(12-6-18)29-20-9-3-17(4-10-20)23(27)26-19-7-1-16(2-8-19)22-15-25-13-14-28-22;/h1-12,22,25H,13-15H2,(H,26,27);1H. The zero-order valence-corrected chi connectivity index (χ0v) is 17.7. The van der Waals surface area contributed by atoms with E-state index in [0.29, 0.717) is 28.7 Å². The number of hydrogen-bond acceptors (Lipinski definition) is 4. The molecule has 3 aromatic rings. The summed E-state index contributed by atoms with van der Waals surface area (Å²) >= 11 is 5.88. The van der Waals surface area contributed by atoms with Gasteiger partial charge in [-0.1, -0.05) is 23.7 Å². The lowest BCUT2D eigenvalue weighted by atomic mass is 10.1. The van der Waals surface area contributed by atoms with Crippen molar-refractivity contribution in [3.8, 4) is 11.5 Å². The van der Waals surface area contributed by atoms with E-state index in [9.17, 15) is 4.79 Å². The largest absolute Gasteiger partial charge is 0.457 e. The number of ether oxygens (including phenoxy) is 2. The van der Waals surface area contributed by atoms with Crippen molar-refractivity contribution in [2.45, 2.75) is 6.10 Å². The lowest BCUT2D eigenvalue weighted by molar-refractivity contribution is 0.0277. The number of carbonyl (C=O) groups excluding carboxylic acids is 1. The molecule has 1 aliphatic heterocycles. The Morgan fingerprint density at radius 3 is 2.20 bits per heavy atom. The molecule has 0 aromatic heterocycles. The lowest BCUT2D eigenvalue weighted by Crippen LogP contribution is -2.33. The maximum absolute atomic E-state index is 12.5. The smallest absolute Gasteiger partial charge is 0.255 e. The van der Waals surface area contributed by atoms with E-state index in [1.165, 1.54) is 0 Å². The molecule has 7 heteroatoms. The number of hydrogen-bond donors (Lipinski definition) is 2. The molecule has 0 bridgehead atoms. The van der Waals surface area contributed by atoms with Crippen molar-refractivity contribution in [2.75, 3.05) is 25.0 Å². The average Bonchev–Trinajstić information content (AvgIpc) is 2.77. The second-order valence-corrected chi connectivity index (χ2v) is 7.16. The molecule has 0 aliphatic carbocycles. The van der Waals surface area contributed by atoms with Crippen molar-refractivity contribution in [3.63, 3.8) is 0 Å². The molecule has 1 atom stereocenters. The summed E-state index contributed by atoms with van der Waals surface area (Å²) in [4.78, 5) is 12.5. The van der Waals surface area contributed by atoms with E-state index in [-0.39, 0.29) is 24.4 Å². The third-order valence-corrected chi connectivity index (χ3v) is 4.89. The molecule has 0 radical (unpaired) electrons. The van der Waals surface area contributed by atoms with Crippen LogP contribution in [0.25, 0.3) is 0 Å². The fourth-order valence-electron chi connectivity index (χ4n) is 3.08.